The fourth-order valence-electron chi connectivity index (χ4n) is 9.49. The second kappa shape index (κ2) is 12.9. The number of fused-ring (bicyclic) bond motifs is 6. The predicted molar refractivity (Wildman–Crippen MR) is 238 cm³/mol. The first-order valence-corrected chi connectivity index (χ1v) is 21.3. The second-order valence-corrected chi connectivity index (χ2v) is 20.5. The van der Waals surface area contributed by atoms with Gasteiger partial charge < -0.3 is 9.13 Å². The minimum absolute atomic E-state index is 0.00160. The van der Waals surface area contributed by atoms with Crippen LogP contribution >= 0.6 is 0 Å². The van der Waals surface area contributed by atoms with Crippen molar-refractivity contribution in [3.05, 3.63) is 200 Å². The van der Waals surface area contributed by atoms with Gasteiger partial charge in [0.15, 0.2) is 8.07 Å². The van der Waals surface area contributed by atoms with Crippen LogP contribution in [-0.4, -0.2) is 17.2 Å². The molecule has 0 aliphatic carbocycles. The summed E-state index contributed by atoms with van der Waals surface area (Å²) in [5, 5.41) is 9.37. The van der Waals surface area contributed by atoms with Crippen molar-refractivity contribution in [2.75, 3.05) is 0 Å². The van der Waals surface area contributed by atoms with Crippen LogP contribution in [-0.2, 0) is 0 Å². The summed E-state index contributed by atoms with van der Waals surface area (Å²) in [6.07, 6.45) is 0. The van der Waals surface area contributed by atoms with Gasteiger partial charge in [0.05, 0.1) is 22.1 Å². The third-order valence-electron chi connectivity index (χ3n) is 11.8. The third-order valence-corrected chi connectivity index (χ3v) is 17.6. The molecular formula is C52H42N2Si. The molecule has 3 heteroatoms. The quantitative estimate of drug-likeness (QED) is 0.119. The van der Waals surface area contributed by atoms with Crippen molar-refractivity contribution < 1.29 is 0 Å². The zero-order valence-corrected chi connectivity index (χ0v) is 32.4. The summed E-state index contributed by atoms with van der Waals surface area (Å²) in [4.78, 5) is 0. The van der Waals surface area contributed by atoms with Crippen LogP contribution in [0.5, 0.6) is 0 Å². The van der Waals surface area contributed by atoms with Crippen molar-refractivity contribution in [2.24, 2.45) is 0 Å². The number of rotatable bonds is 6. The Balaban J connectivity index is 1.20. The van der Waals surface area contributed by atoms with Crippen molar-refractivity contribution in [1.29, 1.82) is 0 Å². The first-order chi connectivity index (χ1) is 26.9. The molecule has 0 amide bonds. The summed E-state index contributed by atoms with van der Waals surface area (Å²) >= 11 is 0. The van der Waals surface area contributed by atoms with E-state index < -0.39 is 8.07 Å². The molecule has 0 N–H and O–H groups in total. The zero-order chi connectivity index (χ0) is 37.1. The first-order valence-electron chi connectivity index (χ1n) is 19.3. The second-order valence-electron chi connectivity index (χ2n) is 15.8. The summed E-state index contributed by atoms with van der Waals surface area (Å²) in [7, 11) is -2.53. The summed E-state index contributed by atoms with van der Waals surface area (Å²) in [6.45, 7) is 7.32. The van der Waals surface area contributed by atoms with Crippen LogP contribution in [0.3, 0.4) is 0 Å². The maximum Gasteiger partial charge on any atom is 0.153 e. The van der Waals surface area contributed by atoms with E-state index >= 15 is 0 Å². The fraction of sp³-hybridized carbons (Fsp3) is 0.0769. The lowest BCUT2D eigenvalue weighted by molar-refractivity contribution is 0.739. The van der Waals surface area contributed by atoms with Gasteiger partial charge in [-0.05, 0) is 80.3 Å². The molecule has 0 aliphatic rings. The van der Waals surface area contributed by atoms with Gasteiger partial charge in [0.2, 0.25) is 0 Å². The Morgan fingerprint density at radius 2 is 0.782 bits per heavy atom. The Morgan fingerprint density at radius 3 is 1.36 bits per heavy atom. The number of hydrogen-bond donors (Lipinski definition) is 0. The molecule has 8 aromatic carbocycles. The Morgan fingerprint density at radius 1 is 0.327 bits per heavy atom. The smallest absolute Gasteiger partial charge is 0.153 e. The van der Waals surface area contributed by atoms with Crippen LogP contribution in [0.4, 0.5) is 0 Å². The third kappa shape index (κ3) is 5.15. The number of benzene rings is 8. The Kier molecular flexibility index (Phi) is 7.76. The van der Waals surface area contributed by atoms with Crippen molar-refractivity contribution in [3.63, 3.8) is 0 Å². The van der Waals surface area contributed by atoms with Gasteiger partial charge >= 0.3 is 0 Å². The highest BCUT2D eigenvalue weighted by Crippen LogP contribution is 2.40. The number of nitrogens with zero attached hydrogens (tertiary/aromatic N) is 2. The van der Waals surface area contributed by atoms with Crippen LogP contribution in [0.1, 0.15) is 20.8 Å². The molecule has 264 valence electrons. The van der Waals surface area contributed by atoms with E-state index in [1.165, 1.54) is 70.3 Å². The molecule has 2 heterocycles. The number of aromatic nitrogens is 2. The summed E-state index contributed by atoms with van der Waals surface area (Å²) in [5.41, 5.74) is 9.60. The van der Waals surface area contributed by atoms with E-state index in [2.05, 4.69) is 230 Å². The molecule has 10 rings (SSSR count). The Labute approximate surface area is 323 Å². The van der Waals surface area contributed by atoms with Gasteiger partial charge in [0.25, 0.3) is 0 Å². The molecular weight excluding hydrogens is 681 g/mol. The van der Waals surface area contributed by atoms with E-state index in [4.69, 9.17) is 0 Å². The number of hydrogen-bond acceptors (Lipinski definition) is 0. The predicted octanol–water partition coefficient (Wildman–Crippen LogP) is 11.8. The minimum atomic E-state index is -2.53. The average molecular weight is 723 g/mol. The van der Waals surface area contributed by atoms with Crippen LogP contribution < -0.4 is 15.6 Å². The topological polar surface area (TPSA) is 9.86 Å². The van der Waals surface area contributed by atoms with Crippen LogP contribution in [0, 0.1) is 0 Å². The largest absolute Gasteiger partial charge is 0.309 e. The zero-order valence-electron chi connectivity index (χ0n) is 31.4. The average Bonchev–Trinajstić information content (AvgIpc) is 3.74. The van der Waals surface area contributed by atoms with Crippen molar-refractivity contribution >= 4 is 67.2 Å². The lowest BCUT2D eigenvalue weighted by Crippen LogP contribution is -2.72. The monoisotopic (exact) mass is 722 g/mol. The molecule has 10 aromatic rings. The van der Waals surface area contributed by atoms with Gasteiger partial charge in [-0.1, -0.05) is 172 Å². The van der Waals surface area contributed by atoms with Gasteiger partial charge in [0, 0.05) is 32.9 Å². The highest BCUT2D eigenvalue weighted by Gasteiger charge is 2.49. The lowest BCUT2D eigenvalue weighted by Gasteiger charge is -2.44. The summed E-state index contributed by atoms with van der Waals surface area (Å²) < 4.78 is 4.89. The van der Waals surface area contributed by atoms with E-state index in [1.807, 2.05) is 0 Å². The molecule has 0 unspecified atom stereocenters. The minimum Gasteiger partial charge on any atom is -0.309 e. The molecule has 0 fully saturated rings. The van der Waals surface area contributed by atoms with Crippen LogP contribution in [0.25, 0.3) is 66.1 Å². The molecule has 0 saturated carbocycles. The van der Waals surface area contributed by atoms with Crippen molar-refractivity contribution in [2.45, 2.75) is 25.8 Å². The van der Waals surface area contributed by atoms with Gasteiger partial charge in [0.1, 0.15) is 0 Å². The molecule has 2 aromatic heterocycles. The van der Waals surface area contributed by atoms with E-state index in [0.717, 1.165) is 11.4 Å². The Hall–Kier alpha value is -6.42. The molecule has 0 bridgehead atoms. The van der Waals surface area contributed by atoms with Crippen molar-refractivity contribution in [1.82, 2.24) is 9.13 Å². The highest BCUT2D eigenvalue weighted by atomic mass is 28.3. The molecule has 55 heavy (non-hydrogen) atoms. The standard InChI is InChI=1S/C52H42N2Si/c1-52(2,3)55(41-22-9-5-10-23-41,42-24-11-6-12-25-42)43-31-33-51-47(36-43)45-27-14-16-29-49(45)54(51)40-30-32-50-46(35-40)44-26-13-15-28-48(44)53(50)39-21-17-20-38(34-39)37-18-7-4-8-19-37/h4-36H,1-3H3. The normalized spacial score (nSPS) is 12.3. The Bertz CT molecular complexity index is 2960. The van der Waals surface area contributed by atoms with Crippen molar-refractivity contribution in [3.8, 4) is 22.5 Å². The summed E-state index contributed by atoms with van der Waals surface area (Å²) in [6, 6.07) is 74.3. The SMILES string of the molecule is CC(C)(C)[Si](c1ccccc1)(c1ccccc1)c1ccc2c(c1)c1ccccc1n2-c1ccc2c(c1)c1ccccc1n2-c1cccc(-c2ccccc2)c1. The maximum absolute atomic E-state index is 2.54. The molecule has 0 atom stereocenters. The summed E-state index contributed by atoms with van der Waals surface area (Å²) in [5.74, 6) is 0. The van der Waals surface area contributed by atoms with Gasteiger partial charge in [-0.15, -0.1) is 0 Å². The van der Waals surface area contributed by atoms with Crippen LogP contribution in [0.2, 0.25) is 5.04 Å². The van der Waals surface area contributed by atoms with Gasteiger partial charge in [-0.2, -0.15) is 0 Å². The van der Waals surface area contributed by atoms with Gasteiger partial charge in [-0.3, -0.25) is 0 Å². The molecule has 0 radical (unpaired) electrons. The van der Waals surface area contributed by atoms with E-state index in [0.29, 0.717) is 0 Å². The molecule has 2 nitrogen and oxygen atoms in total. The van der Waals surface area contributed by atoms with E-state index in [-0.39, 0.29) is 5.04 Å². The van der Waals surface area contributed by atoms with Crippen LogP contribution in [0.15, 0.2) is 200 Å². The fourth-order valence-corrected chi connectivity index (χ4v) is 15.2. The first kappa shape index (κ1) is 33.2. The lowest BCUT2D eigenvalue weighted by atomic mass is 10.1. The maximum atomic E-state index is 2.54. The molecule has 0 aliphatic heterocycles. The molecule has 0 spiro atoms. The van der Waals surface area contributed by atoms with Gasteiger partial charge in [-0.25, -0.2) is 0 Å². The molecule has 0 saturated heterocycles. The number of para-hydroxylation sites is 2. The highest BCUT2D eigenvalue weighted by molar-refractivity contribution is 7.13. The van der Waals surface area contributed by atoms with E-state index in [1.54, 1.807) is 0 Å². The van der Waals surface area contributed by atoms with E-state index in [9.17, 15) is 0 Å².